The third kappa shape index (κ3) is 3.20. The molecule has 2 aromatic rings. The summed E-state index contributed by atoms with van der Waals surface area (Å²) in [5.41, 5.74) is 1.40. The lowest BCUT2D eigenvalue weighted by Crippen LogP contribution is -2.53. The van der Waals surface area contributed by atoms with Crippen molar-refractivity contribution in [2.45, 2.75) is 24.9 Å². The molecule has 2 aliphatic rings. The van der Waals surface area contributed by atoms with Gasteiger partial charge in [0.2, 0.25) is 0 Å². The molecule has 0 spiro atoms. The number of carboxylic acids is 1. The van der Waals surface area contributed by atoms with Crippen LogP contribution in [0.5, 0.6) is 0 Å². The van der Waals surface area contributed by atoms with Gasteiger partial charge in [-0.1, -0.05) is 48.5 Å². The van der Waals surface area contributed by atoms with E-state index in [-0.39, 0.29) is 25.6 Å². The van der Waals surface area contributed by atoms with E-state index in [0.717, 1.165) is 27.2 Å². The second-order valence-corrected chi connectivity index (χ2v) is 7.68. The number of rotatable bonds is 3. The highest BCUT2D eigenvalue weighted by Gasteiger charge is 2.61. The number of carboxylic acid groups (broad SMARTS) is 1. The zero-order valence-corrected chi connectivity index (χ0v) is 16.0. The number of hydrogen-bond acceptors (Lipinski definition) is 3. The van der Waals surface area contributed by atoms with Gasteiger partial charge in [0.05, 0.1) is 0 Å². The second-order valence-electron chi connectivity index (χ2n) is 7.68. The van der Waals surface area contributed by atoms with E-state index in [1.54, 1.807) is 0 Å². The van der Waals surface area contributed by atoms with E-state index in [1.165, 1.54) is 0 Å². The Morgan fingerprint density at radius 1 is 1.00 bits per heavy atom. The van der Waals surface area contributed by atoms with Crippen molar-refractivity contribution >= 4 is 12.1 Å². The number of amides is 1. The van der Waals surface area contributed by atoms with E-state index in [4.69, 9.17) is 9.84 Å². The summed E-state index contributed by atoms with van der Waals surface area (Å²) in [4.78, 5) is 24.9. The average Bonchev–Trinajstić information content (AvgIpc) is 3.05. The first-order chi connectivity index (χ1) is 14.2. The van der Waals surface area contributed by atoms with Crippen LogP contribution in [0.25, 0.3) is 11.1 Å². The summed E-state index contributed by atoms with van der Waals surface area (Å²) in [6, 6.07) is 15.6. The zero-order chi connectivity index (χ0) is 21.5. The molecule has 8 heteroatoms. The topological polar surface area (TPSA) is 66.8 Å². The fraction of sp³-hybridized carbons (Fsp3) is 0.364. The molecule has 30 heavy (non-hydrogen) atoms. The van der Waals surface area contributed by atoms with Crippen LogP contribution in [0.3, 0.4) is 0 Å². The molecule has 5 nitrogen and oxygen atoms in total. The van der Waals surface area contributed by atoms with E-state index in [2.05, 4.69) is 0 Å². The number of halogens is 3. The van der Waals surface area contributed by atoms with E-state index < -0.39 is 36.5 Å². The molecule has 1 aliphatic carbocycles. The number of fused-ring (bicyclic) bond motifs is 3. The number of piperidine rings is 1. The van der Waals surface area contributed by atoms with Crippen molar-refractivity contribution in [2.24, 2.45) is 5.41 Å². The van der Waals surface area contributed by atoms with Gasteiger partial charge in [-0.25, -0.2) is 4.79 Å². The number of benzene rings is 2. The van der Waals surface area contributed by atoms with Crippen molar-refractivity contribution in [3.63, 3.8) is 0 Å². The largest absolute Gasteiger partial charge is 0.481 e. The first kappa shape index (κ1) is 20.3. The van der Waals surface area contributed by atoms with Crippen LogP contribution in [-0.4, -0.2) is 47.9 Å². The lowest BCUT2D eigenvalue weighted by Gasteiger charge is -2.39. The average molecular weight is 419 g/mol. The Morgan fingerprint density at radius 3 is 1.97 bits per heavy atom. The third-order valence-electron chi connectivity index (χ3n) is 6.16. The molecule has 0 bridgehead atoms. The molecular formula is C22H20F3NO4. The van der Waals surface area contributed by atoms with Crippen molar-refractivity contribution in [2.75, 3.05) is 19.7 Å². The van der Waals surface area contributed by atoms with Crippen LogP contribution < -0.4 is 0 Å². The number of alkyl halides is 3. The molecule has 0 radical (unpaired) electrons. The standard InChI is InChI=1S/C22H20F3NO4/c23-22(24,25)21(19(27)28)9-11-26(12-10-21)20(29)30-13-18-16-7-3-1-5-14(16)15-6-2-4-8-17(15)18/h1-8,18H,9-13H2,(H,27,28). The maximum Gasteiger partial charge on any atom is 0.409 e. The van der Waals surface area contributed by atoms with Gasteiger partial charge in [-0.05, 0) is 35.1 Å². The molecule has 0 aromatic heterocycles. The number of nitrogens with zero attached hydrogens (tertiary/aromatic N) is 1. The van der Waals surface area contributed by atoms with E-state index in [0.29, 0.717) is 0 Å². The van der Waals surface area contributed by atoms with Crippen molar-refractivity contribution in [3.05, 3.63) is 59.7 Å². The van der Waals surface area contributed by atoms with Gasteiger partial charge in [-0.3, -0.25) is 4.79 Å². The Hall–Kier alpha value is -3.03. The molecule has 1 aliphatic heterocycles. The third-order valence-corrected chi connectivity index (χ3v) is 6.16. The number of carbonyl (C=O) groups excluding carboxylic acids is 1. The minimum absolute atomic E-state index is 0.0622. The van der Waals surface area contributed by atoms with Gasteiger partial charge in [0.1, 0.15) is 6.61 Å². The number of aliphatic carboxylic acids is 1. The predicted octanol–water partition coefficient (Wildman–Crippen LogP) is 4.66. The molecule has 158 valence electrons. The summed E-state index contributed by atoms with van der Waals surface area (Å²) in [6.45, 7) is -0.572. The monoisotopic (exact) mass is 419 g/mol. The molecule has 0 atom stereocenters. The van der Waals surface area contributed by atoms with Crippen molar-refractivity contribution < 1.29 is 32.6 Å². The number of ether oxygens (including phenoxy) is 1. The molecule has 1 saturated heterocycles. The highest BCUT2D eigenvalue weighted by atomic mass is 19.4. The van der Waals surface area contributed by atoms with E-state index in [1.807, 2.05) is 48.5 Å². The maximum atomic E-state index is 13.3. The summed E-state index contributed by atoms with van der Waals surface area (Å²) in [6.07, 6.45) is -6.96. The Bertz CT molecular complexity index is 935. The lowest BCUT2D eigenvalue weighted by atomic mass is 9.78. The summed E-state index contributed by atoms with van der Waals surface area (Å²) in [5.74, 6) is -2.05. The van der Waals surface area contributed by atoms with Crippen LogP contribution >= 0.6 is 0 Å². The molecule has 1 amide bonds. The number of hydrogen-bond donors (Lipinski definition) is 1. The van der Waals surface area contributed by atoms with E-state index >= 15 is 0 Å². The van der Waals surface area contributed by atoms with Crippen LogP contribution in [-0.2, 0) is 9.53 Å². The van der Waals surface area contributed by atoms with Crippen molar-refractivity contribution in [1.29, 1.82) is 0 Å². The fourth-order valence-electron chi connectivity index (χ4n) is 4.37. The van der Waals surface area contributed by atoms with E-state index in [9.17, 15) is 22.8 Å². The molecule has 4 rings (SSSR count). The van der Waals surface area contributed by atoms with Gasteiger partial charge in [0.15, 0.2) is 5.41 Å². The van der Waals surface area contributed by atoms with Gasteiger partial charge in [-0.2, -0.15) is 13.2 Å². The van der Waals surface area contributed by atoms with Crippen LogP contribution in [0, 0.1) is 5.41 Å². The fourth-order valence-corrected chi connectivity index (χ4v) is 4.37. The van der Waals surface area contributed by atoms with Crippen molar-refractivity contribution in [1.82, 2.24) is 4.90 Å². The van der Waals surface area contributed by atoms with Gasteiger partial charge < -0.3 is 14.7 Å². The van der Waals surface area contributed by atoms with Gasteiger partial charge >= 0.3 is 18.2 Å². The Morgan fingerprint density at radius 2 is 1.50 bits per heavy atom. The Labute approximate surface area is 171 Å². The second kappa shape index (κ2) is 7.34. The van der Waals surface area contributed by atoms with Crippen LogP contribution in [0.2, 0.25) is 0 Å². The normalized spacial score (nSPS) is 17.9. The molecule has 1 fully saturated rings. The molecular weight excluding hydrogens is 399 g/mol. The summed E-state index contributed by atoms with van der Waals surface area (Å²) in [5, 5.41) is 9.13. The predicted molar refractivity (Wildman–Crippen MR) is 102 cm³/mol. The van der Waals surface area contributed by atoms with Crippen LogP contribution in [0.1, 0.15) is 29.9 Å². The maximum absolute atomic E-state index is 13.3. The summed E-state index contributed by atoms with van der Waals surface area (Å²) < 4.78 is 45.3. The van der Waals surface area contributed by atoms with Crippen LogP contribution in [0.15, 0.2) is 48.5 Å². The molecule has 0 saturated carbocycles. The Kier molecular flexibility index (Phi) is 4.95. The highest BCUT2D eigenvalue weighted by Crippen LogP contribution is 2.47. The van der Waals surface area contributed by atoms with Gasteiger partial charge in [0, 0.05) is 19.0 Å². The SMILES string of the molecule is O=C(OCC1c2ccccc2-c2ccccc21)N1CCC(C(=O)O)(C(F)(F)F)CC1. The highest BCUT2D eigenvalue weighted by molar-refractivity contribution is 5.79. The smallest absolute Gasteiger partial charge is 0.409 e. The molecule has 1 N–H and O–H groups in total. The Balaban J connectivity index is 1.44. The van der Waals surface area contributed by atoms with Crippen LogP contribution in [0.4, 0.5) is 18.0 Å². The minimum Gasteiger partial charge on any atom is -0.481 e. The van der Waals surface area contributed by atoms with Crippen molar-refractivity contribution in [3.8, 4) is 11.1 Å². The lowest BCUT2D eigenvalue weighted by molar-refractivity contribution is -0.241. The first-order valence-electron chi connectivity index (χ1n) is 9.65. The quantitative estimate of drug-likeness (QED) is 0.786. The molecule has 2 aromatic carbocycles. The minimum atomic E-state index is -4.87. The van der Waals surface area contributed by atoms with Gasteiger partial charge in [-0.15, -0.1) is 0 Å². The molecule has 0 unspecified atom stereocenters. The number of likely N-dealkylation sites (tertiary alicyclic amines) is 1. The summed E-state index contributed by atoms with van der Waals surface area (Å²) in [7, 11) is 0. The number of carbonyl (C=O) groups is 2. The first-order valence-corrected chi connectivity index (χ1v) is 9.65. The summed E-state index contributed by atoms with van der Waals surface area (Å²) >= 11 is 0. The molecule has 1 heterocycles. The zero-order valence-electron chi connectivity index (χ0n) is 16.0. The van der Waals surface area contributed by atoms with Gasteiger partial charge in [0.25, 0.3) is 0 Å².